The maximum absolute atomic E-state index is 12.0. The van der Waals surface area contributed by atoms with Gasteiger partial charge in [0.05, 0.1) is 11.8 Å². The molecular formula is C17H13ClN2O2S. The summed E-state index contributed by atoms with van der Waals surface area (Å²) < 4.78 is 6.22. The highest BCUT2D eigenvalue weighted by Gasteiger charge is 2.09. The lowest BCUT2D eigenvalue weighted by Gasteiger charge is -1.98. The summed E-state index contributed by atoms with van der Waals surface area (Å²) in [6, 6.07) is 12.9. The second kappa shape index (κ2) is 6.81. The number of thiazole rings is 1. The Morgan fingerprint density at radius 3 is 2.91 bits per heavy atom. The molecule has 1 N–H and O–H groups in total. The molecule has 0 aliphatic carbocycles. The van der Waals surface area contributed by atoms with Crippen LogP contribution in [0.25, 0.3) is 16.3 Å². The lowest BCUT2D eigenvalue weighted by Crippen LogP contribution is -2.07. The van der Waals surface area contributed by atoms with E-state index in [9.17, 15) is 4.79 Å². The van der Waals surface area contributed by atoms with Crippen LogP contribution in [-0.2, 0) is 4.79 Å². The van der Waals surface area contributed by atoms with E-state index in [1.165, 1.54) is 17.4 Å². The molecular weight excluding hydrogens is 332 g/mol. The molecule has 0 saturated carbocycles. The summed E-state index contributed by atoms with van der Waals surface area (Å²) in [5.41, 5.74) is 1.60. The van der Waals surface area contributed by atoms with Crippen molar-refractivity contribution in [3.63, 3.8) is 0 Å². The van der Waals surface area contributed by atoms with Crippen molar-refractivity contribution >= 4 is 50.3 Å². The van der Waals surface area contributed by atoms with Gasteiger partial charge in [-0.3, -0.25) is 10.1 Å². The molecule has 3 rings (SSSR count). The highest BCUT2D eigenvalue weighted by atomic mass is 35.5. The highest BCUT2D eigenvalue weighted by Crippen LogP contribution is 2.32. The molecule has 4 nitrogen and oxygen atoms in total. The smallest absolute Gasteiger partial charge is 0.250 e. The maximum atomic E-state index is 12.0. The summed E-state index contributed by atoms with van der Waals surface area (Å²) in [5, 5.41) is 3.92. The van der Waals surface area contributed by atoms with E-state index in [2.05, 4.69) is 10.3 Å². The Bertz CT molecular complexity index is 889. The van der Waals surface area contributed by atoms with Gasteiger partial charge in [0.15, 0.2) is 5.13 Å². The summed E-state index contributed by atoms with van der Waals surface area (Å²) in [6.45, 7) is 0. The molecule has 0 spiro atoms. The number of benzene rings is 2. The Balaban J connectivity index is 1.75. The van der Waals surface area contributed by atoms with E-state index in [0.717, 1.165) is 15.8 Å². The van der Waals surface area contributed by atoms with Crippen molar-refractivity contribution in [1.29, 1.82) is 0 Å². The van der Waals surface area contributed by atoms with Gasteiger partial charge in [0.25, 0.3) is 0 Å². The molecule has 1 aromatic heterocycles. The van der Waals surface area contributed by atoms with E-state index in [4.69, 9.17) is 16.3 Å². The number of methoxy groups -OCH3 is 1. The number of carbonyl (C=O) groups excluding carboxylic acids is 1. The first kappa shape index (κ1) is 15.5. The standard InChI is InChI=1S/C17H13ClN2O2S/c1-22-13-6-3-7-14-16(13)20-17(23-14)19-15(21)9-8-11-4-2-5-12(18)10-11/h2-10H,1H3,(H,19,20,21)/b9-8+. The number of rotatable bonds is 4. The van der Waals surface area contributed by atoms with Crippen molar-refractivity contribution in [3.8, 4) is 5.75 Å². The Morgan fingerprint density at radius 1 is 1.30 bits per heavy atom. The van der Waals surface area contributed by atoms with Crippen LogP contribution in [0.15, 0.2) is 48.5 Å². The van der Waals surface area contributed by atoms with Crippen LogP contribution in [0.1, 0.15) is 5.56 Å². The van der Waals surface area contributed by atoms with Gasteiger partial charge in [0, 0.05) is 11.1 Å². The predicted octanol–water partition coefficient (Wildman–Crippen LogP) is 4.61. The second-order valence-electron chi connectivity index (χ2n) is 4.70. The molecule has 0 aliphatic heterocycles. The molecule has 0 fully saturated rings. The lowest BCUT2D eigenvalue weighted by molar-refractivity contribution is -0.111. The number of anilines is 1. The topological polar surface area (TPSA) is 51.2 Å². The number of carbonyl (C=O) groups is 1. The first-order valence-electron chi connectivity index (χ1n) is 6.84. The number of nitrogens with zero attached hydrogens (tertiary/aromatic N) is 1. The minimum atomic E-state index is -0.247. The Hall–Kier alpha value is -2.37. The van der Waals surface area contributed by atoms with E-state index >= 15 is 0 Å². The van der Waals surface area contributed by atoms with Crippen LogP contribution in [0.4, 0.5) is 5.13 Å². The van der Waals surface area contributed by atoms with Gasteiger partial charge in [-0.25, -0.2) is 4.98 Å². The third kappa shape index (κ3) is 3.70. The van der Waals surface area contributed by atoms with Gasteiger partial charge in [-0.1, -0.05) is 41.1 Å². The largest absolute Gasteiger partial charge is 0.494 e. The molecule has 6 heteroatoms. The van der Waals surface area contributed by atoms with Crippen molar-refractivity contribution in [1.82, 2.24) is 4.98 Å². The fourth-order valence-corrected chi connectivity index (χ4v) is 3.16. The number of halogens is 1. The fourth-order valence-electron chi connectivity index (χ4n) is 2.07. The average Bonchev–Trinajstić information content (AvgIpc) is 2.95. The fraction of sp³-hybridized carbons (Fsp3) is 0.0588. The van der Waals surface area contributed by atoms with Gasteiger partial charge >= 0.3 is 0 Å². The summed E-state index contributed by atoms with van der Waals surface area (Å²) in [7, 11) is 1.60. The van der Waals surface area contributed by atoms with E-state index in [1.807, 2.05) is 30.3 Å². The molecule has 0 atom stereocenters. The van der Waals surface area contributed by atoms with Gasteiger partial charge in [-0.2, -0.15) is 0 Å². The van der Waals surface area contributed by atoms with Gasteiger partial charge < -0.3 is 4.74 Å². The molecule has 0 radical (unpaired) electrons. The summed E-state index contributed by atoms with van der Waals surface area (Å²) in [5.74, 6) is 0.441. The van der Waals surface area contributed by atoms with Gasteiger partial charge in [0.2, 0.25) is 5.91 Å². The molecule has 0 saturated heterocycles. The number of ether oxygens (including phenoxy) is 1. The molecule has 0 bridgehead atoms. The van der Waals surface area contributed by atoms with Crippen molar-refractivity contribution in [3.05, 3.63) is 59.1 Å². The van der Waals surface area contributed by atoms with E-state index in [-0.39, 0.29) is 5.91 Å². The minimum Gasteiger partial charge on any atom is -0.494 e. The van der Waals surface area contributed by atoms with Crippen molar-refractivity contribution in [2.75, 3.05) is 12.4 Å². The Labute approximate surface area is 142 Å². The highest BCUT2D eigenvalue weighted by molar-refractivity contribution is 7.22. The first-order valence-corrected chi connectivity index (χ1v) is 8.03. The molecule has 116 valence electrons. The van der Waals surface area contributed by atoms with Crippen LogP contribution < -0.4 is 10.1 Å². The molecule has 1 heterocycles. The Kier molecular flexibility index (Phi) is 4.60. The summed E-state index contributed by atoms with van der Waals surface area (Å²) in [6.07, 6.45) is 3.16. The number of para-hydroxylation sites is 1. The van der Waals surface area contributed by atoms with Crippen LogP contribution in [0.2, 0.25) is 5.02 Å². The van der Waals surface area contributed by atoms with E-state index in [0.29, 0.717) is 15.9 Å². The number of nitrogens with one attached hydrogen (secondary N) is 1. The number of hydrogen-bond acceptors (Lipinski definition) is 4. The zero-order chi connectivity index (χ0) is 16.2. The van der Waals surface area contributed by atoms with E-state index < -0.39 is 0 Å². The number of fused-ring (bicyclic) bond motifs is 1. The van der Waals surface area contributed by atoms with Crippen molar-refractivity contribution < 1.29 is 9.53 Å². The third-order valence-corrected chi connectivity index (χ3v) is 4.28. The molecule has 23 heavy (non-hydrogen) atoms. The molecule has 2 aromatic carbocycles. The molecule has 0 aliphatic rings. The molecule has 3 aromatic rings. The minimum absolute atomic E-state index is 0.247. The number of amides is 1. The lowest BCUT2D eigenvalue weighted by atomic mass is 10.2. The second-order valence-corrected chi connectivity index (χ2v) is 6.17. The Morgan fingerprint density at radius 2 is 2.13 bits per heavy atom. The van der Waals surface area contributed by atoms with Crippen LogP contribution in [0, 0.1) is 0 Å². The first-order chi connectivity index (χ1) is 11.2. The quantitative estimate of drug-likeness (QED) is 0.703. The maximum Gasteiger partial charge on any atom is 0.250 e. The van der Waals surface area contributed by atoms with Crippen LogP contribution >= 0.6 is 22.9 Å². The van der Waals surface area contributed by atoms with Gasteiger partial charge in [0.1, 0.15) is 11.3 Å². The normalized spacial score (nSPS) is 11.0. The number of hydrogen-bond donors (Lipinski definition) is 1. The predicted molar refractivity (Wildman–Crippen MR) is 95.3 cm³/mol. The zero-order valence-corrected chi connectivity index (χ0v) is 13.8. The van der Waals surface area contributed by atoms with Crippen LogP contribution in [-0.4, -0.2) is 18.0 Å². The summed E-state index contributed by atoms with van der Waals surface area (Å²) >= 11 is 7.31. The van der Waals surface area contributed by atoms with Crippen molar-refractivity contribution in [2.45, 2.75) is 0 Å². The van der Waals surface area contributed by atoms with Crippen LogP contribution in [0.5, 0.6) is 5.75 Å². The van der Waals surface area contributed by atoms with Crippen molar-refractivity contribution in [2.24, 2.45) is 0 Å². The monoisotopic (exact) mass is 344 g/mol. The average molecular weight is 345 g/mol. The van der Waals surface area contributed by atoms with Gasteiger partial charge in [-0.05, 0) is 35.9 Å². The SMILES string of the molecule is COc1cccc2sc(NC(=O)/C=C/c3cccc(Cl)c3)nc12. The van der Waals surface area contributed by atoms with Gasteiger partial charge in [-0.15, -0.1) is 0 Å². The molecule has 0 unspecified atom stereocenters. The summed E-state index contributed by atoms with van der Waals surface area (Å²) in [4.78, 5) is 16.4. The van der Waals surface area contributed by atoms with Crippen LogP contribution in [0.3, 0.4) is 0 Å². The third-order valence-electron chi connectivity index (χ3n) is 3.11. The number of aromatic nitrogens is 1. The van der Waals surface area contributed by atoms with E-state index in [1.54, 1.807) is 25.3 Å². The zero-order valence-electron chi connectivity index (χ0n) is 12.2. The molecule has 1 amide bonds.